The van der Waals surface area contributed by atoms with E-state index in [-0.39, 0.29) is 0 Å². The molecule has 0 aliphatic rings. The van der Waals surface area contributed by atoms with Crippen molar-refractivity contribution in [1.29, 1.82) is 0 Å². The Morgan fingerprint density at radius 3 is 2.50 bits per heavy atom. The maximum Gasteiger partial charge on any atom is 0.328 e. The summed E-state index contributed by atoms with van der Waals surface area (Å²) in [4.78, 5) is 13.6. The van der Waals surface area contributed by atoms with E-state index in [0.717, 1.165) is 28.3 Å². The number of carboxylic acid groups (broad SMARTS) is 1. The molecule has 2 N–H and O–H groups in total. The molecule has 0 unspecified atom stereocenters. The third kappa shape index (κ3) is 2.47. The van der Waals surface area contributed by atoms with Crippen molar-refractivity contribution < 1.29 is 9.90 Å². The summed E-state index contributed by atoms with van der Waals surface area (Å²) in [7, 11) is 0. The van der Waals surface area contributed by atoms with Crippen molar-refractivity contribution in [3.05, 3.63) is 66.4 Å². The van der Waals surface area contributed by atoms with Gasteiger partial charge in [-0.25, -0.2) is 4.79 Å². The van der Waals surface area contributed by atoms with Crippen LogP contribution in [0.2, 0.25) is 0 Å². The molecule has 0 saturated heterocycles. The van der Waals surface area contributed by atoms with E-state index in [0.29, 0.717) is 0 Å². The fourth-order valence-corrected chi connectivity index (χ4v) is 2.19. The molecule has 1 aromatic heterocycles. The van der Waals surface area contributed by atoms with Crippen LogP contribution in [0.1, 0.15) is 5.56 Å². The van der Waals surface area contributed by atoms with E-state index in [4.69, 9.17) is 5.11 Å². The Morgan fingerprint density at radius 2 is 1.75 bits per heavy atom. The van der Waals surface area contributed by atoms with Gasteiger partial charge in [0.25, 0.3) is 0 Å². The van der Waals surface area contributed by atoms with Crippen molar-refractivity contribution in [2.24, 2.45) is 0 Å². The highest BCUT2D eigenvalue weighted by Gasteiger charge is 2.00. The van der Waals surface area contributed by atoms with Crippen molar-refractivity contribution in [2.45, 2.75) is 0 Å². The summed E-state index contributed by atoms with van der Waals surface area (Å²) in [6.45, 7) is 0. The van der Waals surface area contributed by atoms with Crippen LogP contribution in [0.15, 0.2) is 60.8 Å². The molecular weight excluding hydrogens is 250 g/mol. The van der Waals surface area contributed by atoms with Gasteiger partial charge in [-0.2, -0.15) is 0 Å². The van der Waals surface area contributed by atoms with E-state index < -0.39 is 5.97 Å². The molecule has 0 spiro atoms. The standard InChI is InChI=1S/C17H13NO2/c19-17(20)8-3-12-1-4-13(5-2-12)14-6-7-16-15(11-14)9-10-18-16/h1-11,18H,(H,19,20)/b8-3+. The lowest BCUT2D eigenvalue weighted by Crippen LogP contribution is -1.85. The van der Waals surface area contributed by atoms with E-state index in [1.807, 2.05) is 36.5 Å². The normalized spacial score (nSPS) is 11.2. The number of H-pyrrole nitrogens is 1. The van der Waals surface area contributed by atoms with Gasteiger partial charge in [0, 0.05) is 17.8 Å². The van der Waals surface area contributed by atoms with Gasteiger partial charge in [0.05, 0.1) is 0 Å². The summed E-state index contributed by atoms with van der Waals surface area (Å²) in [5, 5.41) is 9.78. The number of aliphatic carboxylic acids is 1. The molecule has 3 rings (SSSR count). The number of fused-ring (bicyclic) bond motifs is 1. The van der Waals surface area contributed by atoms with Gasteiger partial charge in [-0.3, -0.25) is 0 Å². The average Bonchev–Trinajstić information content (AvgIpc) is 2.93. The number of carboxylic acids is 1. The lowest BCUT2D eigenvalue weighted by molar-refractivity contribution is -0.131. The first kappa shape index (κ1) is 12.2. The molecule has 0 aliphatic heterocycles. The van der Waals surface area contributed by atoms with Crippen LogP contribution in [-0.2, 0) is 4.79 Å². The molecule has 0 fully saturated rings. The molecule has 20 heavy (non-hydrogen) atoms. The van der Waals surface area contributed by atoms with Crippen LogP contribution in [0.3, 0.4) is 0 Å². The molecule has 1 heterocycles. The van der Waals surface area contributed by atoms with Crippen molar-refractivity contribution in [3.63, 3.8) is 0 Å². The molecular formula is C17H13NO2. The summed E-state index contributed by atoms with van der Waals surface area (Å²) < 4.78 is 0. The van der Waals surface area contributed by atoms with E-state index in [2.05, 4.69) is 23.2 Å². The lowest BCUT2D eigenvalue weighted by Gasteiger charge is -2.03. The SMILES string of the molecule is O=C(O)/C=C/c1ccc(-c2ccc3[nH]ccc3c2)cc1. The van der Waals surface area contributed by atoms with Crippen LogP contribution >= 0.6 is 0 Å². The van der Waals surface area contributed by atoms with Crippen molar-refractivity contribution in [2.75, 3.05) is 0 Å². The second-order valence-corrected chi connectivity index (χ2v) is 4.57. The predicted molar refractivity (Wildman–Crippen MR) is 80.4 cm³/mol. The van der Waals surface area contributed by atoms with E-state index in [1.54, 1.807) is 6.08 Å². The summed E-state index contributed by atoms with van der Waals surface area (Å²) in [5.74, 6) is -0.938. The summed E-state index contributed by atoms with van der Waals surface area (Å²) >= 11 is 0. The Morgan fingerprint density at radius 1 is 1.00 bits per heavy atom. The van der Waals surface area contributed by atoms with Gasteiger partial charge in [-0.1, -0.05) is 30.3 Å². The molecule has 98 valence electrons. The summed E-state index contributed by atoms with van der Waals surface area (Å²) in [6.07, 6.45) is 4.65. The van der Waals surface area contributed by atoms with Gasteiger partial charge in [-0.15, -0.1) is 0 Å². The maximum absolute atomic E-state index is 10.5. The zero-order valence-corrected chi connectivity index (χ0v) is 10.7. The van der Waals surface area contributed by atoms with Gasteiger partial charge in [0.15, 0.2) is 0 Å². The van der Waals surface area contributed by atoms with E-state index in [1.165, 1.54) is 5.39 Å². The number of carbonyl (C=O) groups is 1. The fourth-order valence-electron chi connectivity index (χ4n) is 2.19. The van der Waals surface area contributed by atoms with Crippen molar-refractivity contribution >= 4 is 22.9 Å². The van der Waals surface area contributed by atoms with Gasteiger partial charge in [0.2, 0.25) is 0 Å². The van der Waals surface area contributed by atoms with Gasteiger partial charge >= 0.3 is 5.97 Å². The molecule has 0 saturated carbocycles. The van der Waals surface area contributed by atoms with Crippen molar-refractivity contribution in [3.8, 4) is 11.1 Å². The van der Waals surface area contributed by atoms with Crippen molar-refractivity contribution in [1.82, 2.24) is 4.98 Å². The zero-order valence-electron chi connectivity index (χ0n) is 10.7. The Bertz CT molecular complexity index is 782. The molecule has 3 heteroatoms. The number of hydrogen-bond donors (Lipinski definition) is 2. The Balaban J connectivity index is 1.91. The van der Waals surface area contributed by atoms with Crippen LogP contribution in [0, 0.1) is 0 Å². The number of rotatable bonds is 3. The second-order valence-electron chi connectivity index (χ2n) is 4.57. The third-order valence-electron chi connectivity index (χ3n) is 3.22. The topological polar surface area (TPSA) is 53.1 Å². The highest BCUT2D eigenvalue weighted by Crippen LogP contribution is 2.24. The van der Waals surface area contributed by atoms with Crippen LogP contribution in [0.4, 0.5) is 0 Å². The maximum atomic E-state index is 10.5. The first-order valence-corrected chi connectivity index (χ1v) is 6.31. The number of benzene rings is 2. The summed E-state index contributed by atoms with van der Waals surface area (Å²) in [6, 6.07) is 16.1. The second kappa shape index (κ2) is 5.05. The van der Waals surface area contributed by atoms with Gasteiger partial charge < -0.3 is 10.1 Å². The zero-order chi connectivity index (χ0) is 13.9. The highest BCUT2D eigenvalue weighted by molar-refractivity contribution is 5.86. The van der Waals surface area contributed by atoms with E-state index in [9.17, 15) is 4.79 Å². The Labute approximate surface area is 116 Å². The van der Waals surface area contributed by atoms with E-state index >= 15 is 0 Å². The minimum absolute atomic E-state index is 0.874. The minimum Gasteiger partial charge on any atom is -0.478 e. The average molecular weight is 263 g/mol. The molecule has 0 radical (unpaired) electrons. The number of aromatic amines is 1. The monoisotopic (exact) mass is 263 g/mol. The smallest absolute Gasteiger partial charge is 0.328 e. The van der Waals surface area contributed by atoms with Crippen LogP contribution in [-0.4, -0.2) is 16.1 Å². The third-order valence-corrected chi connectivity index (χ3v) is 3.22. The van der Waals surface area contributed by atoms with Crippen LogP contribution in [0.25, 0.3) is 28.1 Å². The first-order valence-electron chi connectivity index (χ1n) is 6.31. The minimum atomic E-state index is -0.938. The number of nitrogens with one attached hydrogen (secondary N) is 1. The number of aromatic nitrogens is 1. The predicted octanol–water partition coefficient (Wildman–Crippen LogP) is 3.93. The van der Waals surface area contributed by atoms with Crippen LogP contribution < -0.4 is 0 Å². The molecule has 0 aliphatic carbocycles. The molecule has 3 aromatic rings. The molecule has 2 aromatic carbocycles. The largest absolute Gasteiger partial charge is 0.478 e. The van der Waals surface area contributed by atoms with Crippen LogP contribution in [0.5, 0.6) is 0 Å². The Hall–Kier alpha value is -2.81. The fraction of sp³-hybridized carbons (Fsp3) is 0. The highest BCUT2D eigenvalue weighted by atomic mass is 16.4. The molecule has 0 bridgehead atoms. The summed E-state index contributed by atoms with van der Waals surface area (Å²) in [5.41, 5.74) is 4.25. The van der Waals surface area contributed by atoms with Gasteiger partial charge in [-0.05, 0) is 46.4 Å². The lowest BCUT2D eigenvalue weighted by atomic mass is 10.0. The van der Waals surface area contributed by atoms with Gasteiger partial charge in [0.1, 0.15) is 0 Å². The quantitative estimate of drug-likeness (QED) is 0.703. The molecule has 0 amide bonds. The molecule has 0 atom stereocenters. The number of hydrogen-bond acceptors (Lipinski definition) is 1. The first-order chi connectivity index (χ1) is 9.72. The Kier molecular flexibility index (Phi) is 3.09. The molecule has 3 nitrogen and oxygen atoms in total.